The van der Waals surface area contributed by atoms with Crippen LogP contribution in [0.25, 0.3) is 0 Å². The first-order valence-corrected chi connectivity index (χ1v) is 7.84. The lowest BCUT2D eigenvalue weighted by Crippen LogP contribution is -2.12. The van der Waals surface area contributed by atoms with Gasteiger partial charge in [-0.05, 0) is 59.0 Å². The third-order valence-electron chi connectivity index (χ3n) is 3.19. The van der Waals surface area contributed by atoms with Gasteiger partial charge in [0.1, 0.15) is 0 Å². The van der Waals surface area contributed by atoms with Gasteiger partial charge in [0.15, 0.2) is 0 Å². The fourth-order valence-electron chi connectivity index (χ4n) is 2.30. The van der Waals surface area contributed by atoms with Crippen LogP contribution in [0.3, 0.4) is 0 Å². The van der Waals surface area contributed by atoms with Crippen LogP contribution < -0.4 is 5.32 Å². The van der Waals surface area contributed by atoms with E-state index in [1.54, 1.807) is 10.4 Å². The van der Waals surface area contributed by atoms with Gasteiger partial charge in [0.25, 0.3) is 0 Å². The molecule has 0 saturated carbocycles. The molecule has 1 aliphatic carbocycles. The average molecular weight is 323 g/mol. The summed E-state index contributed by atoms with van der Waals surface area (Å²) in [7, 11) is 0. The van der Waals surface area contributed by atoms with E-state index >= 15 is 0 Å². The van der Waals surface area contributed by atoms with Crippen molar-refractivity contribution < 1.29 is 0 Å². The minimum Gasteiger partial charge on any atom is -0.306 e. The maximum Gasteiger partial charge on any atom is 0.0542 e. The Morgan fingerprint density at radius 3 is 3.00 bits per heavy atom. The lowest BCUT2D eigenvalue weighted by Gasteiger charge is -2.02. The highest BCUT2D eigenvalue weighted by molar-refractivity contribution is 9.10. The molecule has 3 rings (SSSR count). The van der Waals surface area contributed by atoms with E-state index < -0.39 is 0 Å². The molecule has 0 spiro atoms. The molecule has 0 aromatic carbocycles. The first-order chi connectivity index (χ1) is 8.81. The Morgan fingerprint density at radius 1 is 1.28 bits per heavy atom. The molecule has 0 amide bonds. The zero-order chi connectivity index (χ0) is 12.4. The second kappa shape index (κ2) is 5.51. The van der Waals surface area contributed by atoms with Crippen molar-refractivity contribution in [2.45, 2.75) is 32.4 Å². The molecule has 0 atom stereocenters. The summed E-state index contributed by atoms with van der Waals surface area (Å²) in [6.45, 7) is 1.78. The summed E-state index contributed by atoms with van der Waals surface area (Å²) in [4.78, 5) is 7.41. The molecule has 18 heavy (non-hydrogen) atoms. The lowest BCUT2D eigenvalue weighted by atomic mass is 10.2. The van der Waals surface area contributed by atoms with Gasteiger partial charge in [-0.15, -0.1) is 11.3 Å². The maximum atomic E-state index is 4.35. The van der Waals surface area contributed by atoms with Crippen LogP contribution in [0.4, 0.5) is 0 Å². The Hall–Kier alpha value is -0.710. The number of hydrogen-bond donors (Lipinski definition) is 1. The smallest absolute Gasteiger partial charge is 0.0542 e. The number of aromatic nitrogens is 1. The molecule has 2 nitrogen and oxygen atoms in total. The molecule has 0 aliphatic heterocycles. The highest BCUT2D eigenvalue weighted by atomic mass is 79.9. The number of pyridine rings is 1. The van der Waals surface area contributed by atoms with Crippen molar-refractivity contribution >= 4 is 27.3 Å². The minimum absolute atomic E-state index is 0.829. The second-order valence-corrected chi connectivity index (χ2v) is 6.72. The van der Waals surface area contributed by atoms with Crippen molar-refractivity contribution in [2.24, 2.45) is 0 Å². The van der Waals surface area contributed by atoms with Gasteiger partial charge in [-0.25, -0.2) is 0 Å². The minimum atomic E-state index is 0.829. The van der Waals surface area contributed by atoms with Crippen LogP contribution in [0.15, 0.2) is 28.9 Å². The van der Waals surface area contributed by atoms with Gasteiger partial charge in [-0.1, -0.05) is 0 Å². The Morgan fingerprint density at radius 2 is 2.22 bits per heavy atom. The van der Waals surface area contributed by atoms with Crippen LogP contribution in [0.2, 0.25) is 0 Å². The monoisotopic (exact) mass is 322 g/mol. The Balaban J connectivity index is 1.53. The second-order valence-electron chi connectivity index (χ2n) is 4.59. The normalized spacial score (nSPS) is 13.8. The van der Waals surface area contributed by atoms with Crippen LogP contribution in [0.1, 0.15) is 27.4 Å². The molecule has 1 N–H and O–H groups in total. The summed E-state index contributed by atoms with van der Waals surface area (Å²) in [6, 6.07) is 6.45. The van der Waals surface area contributed by atoms with Crippen molar-refractivity contribution in [2.75, 3.05) is 0 Å². The maximum absolute atomic E-state index is 4.35. The molecule has 2 heterocycles. The molecule has 2 aromatic heterocycles. The Kier molecular flexibility index (Phi) is 3.77. The number of hydrogen-bond acceptors (Lipinski definition) is 3. The molecule has 0 saturated heterocycles. The van der Waals surface area contributed by atoms with Crippen LogP contribution >= 0.6 is 27.3 Å². The SMILES string of the molecule is Brc1ccc(CNCc2cc3c(s2)CCC3)nc1. The number of thiophene rings is 1. The zero-order valence-corrected chi connectivity index (χ0v) is 12.5. The number of nitrogens with one attached hydrogen (secondary N) is 1. The van der Waals surface area contributed by atoms with Crippen LogP contribution in [-0.2, 0) is 25.9 Å². The van der Waals surface area contributed by atoms with E-state index in [9.17, 15) is 0 Å². The van der Waals surface area contributed by atoms with E-state index in [4.69, 9.17) is 0 Å². The first-order valence-electron chi connectivity index (χ1n) is 6.23. The third-order valence-corrected chi connectivity index (χ3v) is 4.90. The number of halogens is 1. The molecule has 0 unspecified atom stereocenters. The zero-order valence-electron chi connectivity index (χ0n) is 10.1. The highest BCUT2D eigenvalue weighted by Crippen LogP contribution is 2.30. The Labute approximate surface area is 120 Å². The highest BCUT2D eigenvalue weighted by Gasteiger charge is 2.14. The fourth-order valence-corrected chi connectivity index (χ4v) is 3.77. The van der Waals surface area contributed by atoms with E-state index in [0.29, 0.717) is 0 Å². The predicted octanol–water partition coefficient (Wildman–Crippen LogP) is 3.68. The lowest BCUT2D eigenvalue weighted by molar-refractivity contribution is 0.686. The van der Waals surface area contributed by atoms with Gasteiger partial charge in [-0.3, -0.25) is 4.98 Å². The topological polar surface area (TPSA) is 24.9 Å². The van der Waals surface area contributed by atoms with Crippen molar-refractivity contribution in [1.29, 1.82) is 0 Å². The number of fused-ring (bicyclic) bond motifs is 1. The molecule has 1 aliphatic rings. The molecule has 94 valence electrons. The molecule has 2 aromatic rings. The van der Waals surface area contributed by atoms with E-state index in [1.165, 1.54) is 24.1 Å². The summed E-state index contributed by atoms with van der Waals surface area (Å²) < 4.78 is 1.03. The summed E-state index contributed by atoms with van der Waals surface area (Å²) in [6.07, 6.45) is 5.75. The summed E-state index contributed by atoms with van der Waals surface area (Å²) in [5.74, 6) is 0. The Bertz CT molecular complexity index is 512. The van der Waals surface area contributed by atoms with E-state index in [2.05, 4.69) is 32.3 Å². The van der Waals surface area contributed by atoms with Crippen LogP contribution in [0.5, 0.6) is 0 Å². The van der Waals surface area contributed by atoms with Gasteiger partial charge in [0, 0.05) is 33.5 Å². The quantitative estimate of drug-likeness (QED) is 0.928. The predicted molar refractivity (Wildman–Crippen MR) is 78.8 cm³/mol. The fraction of sp³-hybridized carbons (Fsp3) is 0.357. The molecular formula is C14H15BrN2S. The van der Waals surface area contributed by atoms with Crippen molar-refractivity contribution in [1.82, 2.24) is 10.3 Å². The van der Waals surface area contributed by atoms with Gasteiger partial charge in [0.05, 0.1) is 5.69 Å². The number of aryl methyl sites for hydroxylation is 2. The van der Waals surface area contributed by atoms with Crippen LogP contribution in [0, 0.1) is 0 Å². The standard InChI is InChI=1S/C14H15BrN2S/c15-11-4-5-12(17-7-11)8-16-9-13-6-10-2-1-3-14(10)18-13/h4-7,16H,1-3,8-9H2. The van der Waals surface area contributed by atoms with Gasteiger partial charge in [0.2, 0.25) is 0 Å². The number of rotatable bonds is 4. The largest absolute Gasteiger partial charge is 0.306 e. The van der Waals surface area contributed by atoms with Crippen molar-refractivity contribution in [3.63, 3.8) is 0 Å². The number of nitrogens with zero attached hydrogens (tertiary/aromatic N) is 1. The van der Waals surface area contributed by atoms with Gasteiger partial charge < -0.3 is 5.32 Å². The third kappa shape index (κ3) is 2.82. The van der Waals surface area contributed by atoms with Crippen LogP contribution in [-0.4, -0.2) is 4.98 Å². The first kappa shape index (κ1) is 12.3. The summed E-state index contributed by atoms with van der Waals surface area (Å²) in [5.41, 5.74) is 2.67. The molecular weight excluding hydrogens is 308 g/mol. The summed E-state index contributed by atoms with van der Waals surface area (Å²) in [5, 5.41) is 3.46. The molecule has 0 radical (unpaired) electrons. The van der Waals surface area contributed by atoms with E-state index in [-0.39, 0.29) is 0 Å². The summed E-state index contributed by atoms with van der Waals surface area (Å²) >= 11 is 5.36. The van der Waals surface area contributed by atoms with Gasteiger partial charge in [-0.2, -0.15) is 0 Å². The molecule has 0 bridgehead atoms. The van der Waals surface area contributed by atoms with E-state index in [0.717, 1.165) is 23.3 Å². The molecule has 4 heteroatoms. The molecule has 0 fully saturated rings. The van der Waals surface area contributed by atoms with Crippen molar-refractivity contribution in [3.8, 4) is 0 Å². The van der Waals surface area contributed by atoms with Crippen molar-refractivity contribution in [3.05, 3.63) is 49.9 Å². The van der Waals surface area contributed by atoms with Gasteiger partial charge >= 0.3 is 0 Å². The van der Waals surface area contributed by atoms with E-state index in [1.807, 2.05) is 29.7 Å². The average Bonchev–Trinajstić information content (AvgIpc) is 2.92.